The Labute approximate surface area is 161 Å². The van der Waals surface area contributed by atoms with Gasteiger partial charge in [-0.2, -0.15) is 0 Å². The Morgan fingerprint density at radius 2 is 1.96 bits per heavy atom. The highest BCUT2D eigenvalue weighted by Gasteiger charge is 2.30. The summed E-state index contributed by atoms with van der Waals surface area (Å²) in [6, 6.07) is 9.13. The smallest absolute Gasteiger partial charge is 0.242 e. The fraction of sp³-hybridized carbons (Fsp3) is 0.524. The molecule has 2 aromatic rings. The van der Waals surface area contributed by atoms with Crippen molar-refractivity contribution in [2.24, 2.45) is 0 Å². The van der Waals surface area contributed by atoms with Crippen molar-refractivity contribution in [3.8, 4) is 0 Å². The molecule has 0 saturated carbocycles. The number of likely N-dealkylation sites (tertiary alicyclic amines) is 1. The molecule has 1 aromatic heterocycles. The highest BCUT2D eigenvalue weighted by molar-refractivity contribution is 5.76. The highest BCUT2D eigenvalue weighted by atomic mass is 16.2. The normalized spacial score (nSPS) is 21.4. The Balaban J connectivity index is 1.32. The molecule has 0 N–H and O–H groups in total. The van der Waals surface area contributed by atoms with Crippen LogP contribution >= 0.6 is 0 Å². The van der Waals surface area contributed by atoms with Crippen LogP contribution < -0.4 is 4.90 Å². The molecule has 3 heterocycles. The molecule has 0 aliphatic carbocycles. The van der Waals surface area contributed by atoms with Crippen LogP contribution in [0.2, 0.25) is 0 Å². The third kappa shape index (κ3) is 4.16. The van der Waals surface area contributed by atoms with Gasteiger partial charge in [0.25, 0.3) is 0 Å². The maximum absolute atomic E-state index is 12.6. The number of amides is 1. The highest BCUT2D eigenvalue weighted by Crippen LogP contribution is 2.23. The van der Waals surface area contributed by atoms with Crippen molar-refractivity contribution in [2.75, 3.05) is 44.2 Å². The summed E-state index contributed by atoms with van der Waals surface area (Å²) in [4.78, 5) is 23.8. The number of aryl methyl sites for hydroxylation is 1. The monoisotopic (exact) mass is 367 g/mol. The number of benzene rings is 1. The fourth-order valence-electron chi connectivity index (χ4n) is 4.36. The molecule has 2 aliphatic heterocycles. The molecule has 0 unspecified atom stereocenters. The molecule has 4 rings (SSSR count). The summed E-state index contributed by atoms with van der Waals surface area (Å²) in [6.45, 7) is 8.59. The third-order valence-corrected chi connectivity index (χ3v) is 5.91. The second kappa shape index (κ2) is 8.13. The van der Waals surface area contributed by atoms with Crippen LogP contribution in [0.25, 0.3) is 0 Å². The summed E-state index contributed by atoms with van der Waals surface area (Å²) in [5.74, 6) is 0.205. The Bertz CT molecular complexity index is 752. The van der Waals surface area contributed by atoms with Crippen LogP contribution in [0, 0.1) is 6.92 Å². The predicted octanol–water partition coefficient (Wildman–Crippen LogP) is 2.00. The van der Waals surface area contributed by atoms with E-state index in [2.05, 4.69) is 46.0 Å². The maximum Gasteiger partial charge on any atom is 0.242 e. The molecule has 0 bridgehead atoms. The minimum atomic E-state index is 0.205. The lowest BCUT2D eigenvalue weighted by atomic mass is 10.0. The summed E-state index contributed by atoms with van der Waals surface area (Å²) in [6.07, 6.45) is 7.58. The van der Waals surface area contributed by atoms with Gasteiger partial charge in [-0.1, -0.05) is 18.2 Å². The van der Waals surface area contributed by atoms with E-state index in [9.17, 15) is 4.79 Å². The quantitative estimate of drug-likeness (QED) is 0.829. The van der Waals surface area contributed by atoms with E-state index < -0.39 is 0 Å². The summed E-state index contributed by atoms with van der Waals surface area (Å²) < 4.78 is 1.85. The molecular weight excluding hydrogens is 338 g/mol. The van der Waals surface area contributed by atoms with Gasteiger partial charge in [-0.15, -0.1) is 0 Å². The second-order valence-electron chi connectivity index (χ2n) is 7.68. The van der Waals surface area contributed by atoms with E-state index in [0.29, 0.717) is 12.6 Å². The number of piperidine rings is 1. The number of anilines is 1. The van der Waals surface area contributed by atoms with Gasteiger partial charge in [0, 0.05) is 63.4 Å². The van der Waals surface area contributed by atoms with Crippen LogP contribution in [-0.2, 0) is 11.3 Å². The molecular formula is C21H29N5O. The lowest BCUT2D eigenvalue weighted by Gasteiger charge is -2.44. The number of aromatic nitrogens is 2. The third-order valence-electron chi connectivity index (χ3n) is 5.91. The van der Waals surface area contributed by atoms with Crippen LogP contribution in [0.5, 0.6) is 0 Å². The Kier molecular flexibility index (Phi) is 5.43. The van der Waals surface area contributed by atoms with Crippen molar-refractivity contribution in [1.82, 2.24) is 19.4 Å². The number of piperazine rings is 1. The van der Waals surface area contributed by atoms with E-state index in [1.54, 1.807) is 12.5 Å². The van der Waals surface area contributed by atoms with Gasteiger partial charge in [0.2, 0.25) is 5.91 Å². The molecule has 2 aliphatic rings. The van der Waals surface area contributed by atoms with Crippen molar-refractivity contribution in [3.05, 3.63) is 48.5 Å². The molecule has 1 atom stereocenters. The predicted molar refractivity (Wildman–Crippen MR) is 107 cm³/mol. The largest absolute Gasteiger partial charge is 0.369 e. The van der Waals surface area contributed by atoms with Crippen LogP contribution in [0.3, 0.4) is 0 Å². The number of nitrogens with zero attached hydrogens (tertiary/aromatic N) is 5. The van der Waals surface area contributed by atoms with Gasteiger partial charge in [-0.05, 0) is 31.4 Å². The standard InChI is InChI=1S/C21H29N5O/c1-18-5-2-3-7-20(18)25-13-11-24(12-14-25)19-6-4-9-26(15-19)21(27)16-23-10-8-22-17-23/h2-3,5,7-8,10,17,19H,4,6,9,11-16H2,1H3/t19-/m1/s1. The number of hydrogen-bond acceptors (Lipinski definition) is 4. The lowest BCUT2D eigenvalue weighted by molar-refractivity contribution is -0.134. The van der Waals surface area contributed by atoms with Gasteiger partial charge in [0.05, 0.1) is 6.33 Å². The van der Waals surface area contributed by atoms with E-state index in [1.165, 1.54) is 17.7 Å². The Morgan fingerprint density at radius 3 is 2.70 bits per heavy atom. The van der Waals surface area contributed by atoms with Crippen molar-refractivity contribution in [3.63, 3.8) is 0 Å². The summed E-state index contributed by atoms with van der Waals surface area (Å²) in [7, 11) is 0. The van der Waals surface area contributed by atoms with E-state index in [0.717, 1.165) is 45.7 Å². The van der Waals surface area contributed by atoms with Crippen molar-refractivity contribution in [2.45, 2.75) is 32.4 Å². The molecule has 0 spiro atoms. The van der Waals surface area contributed by atoms with Crippen molar-refractivity contribution < 1.29 is 4.79 Å². The number of para-hydroxylation sites is 1. The van der Waals surface area contributed by atoms with Crippen LogP contribution in [0.4, 0.5) is 5.69 Å². The molecule has 1 aromatic carbocycles. The molecule has 27 heavy (non-hydrogen) atoms. The number of carbonyl (C=O) groups is 1. The van der Waals surface area contributed by atoms with Gasteiger partial charge < -0.3 is 14.4 Å². The average Bonchev–Trinajstić information content (AvgIpc) is 3.22. The second-order valence-corrected chi connectivity index (χ2v) is 7.68. The first-order valence-electron chi connectivity index (χ1n) is 9.99. The first-order valence-corrected chi connectivity index (χ1v) is 9.99. The molecule has 2 saturated heterocycles. The minimum Gasteiger partial charge on any atom is -0.369 e. The van der Waals surface area contributed by atoms with Crippen LogP contribution in [0.1, 0.15) is 18.4 Å². The average molecular weight is 367 g/mol. The van der Waals surface area contributed by atoms with Gasteiger partial charge in [-0.3, -0.25) is 9.69 Å². The van der Waals surface area contributed by atoms with Gasteiger partial charge in [0.1, 0.15) is 6.54 Å². The van der Waals surface area contributed by atoms with E-state index >= 15 is 0 Å². The number of carbonyl (C=O) groups excluding carboxylic acids is 1. The van der Waals surface area contributed by atoms with Crippen LogP contribution in [-0.4, -0.2) is 70.6 Å². The first kappa shape index (κ1) is 18.0. The number of rotatable bonds is 4. The van der Waals surface area contributed by atoms with E-state index in [4.69, 9.17) is 0 Å². The molecule has 6 nitrogen and oxygen atoms in total. The fourth-order valence-corrected chi connectivity index (χ4v) is 4.36. The first-order chi connectivity index (χ1) is 13.2. The van der Waals surface area contributed by atoms with Crippen molar-refractivity contribution in [1.29, 1.82) is 0 Å². The van der Waals surface area contributed by atoms with Gasteiger partial charge in [0.15, 0.2) is 0 Å². The van der Waals surface area contributed by atoms with Gasteiger partial charge >= 0.3 is 0 Å². The molecule has 144 valence electrons. The molecule has 1 amide bonds. The number of hydrogen-bond donors (Lipinski definition) is 0. The lowest BCUT2D eigenvalue weighted by Crippen LogP contribution is -2.56. The van der Waals surface area contributed by atoms with Crippen molar-refractivity contribution >= 4 is 11.6 Å². The summed E-state index contributed by atoms with van der Waals surface area (Å²) in [5, 5.41) is 0. The summed E-state index contributed by atoms with van der Waals surface area (Å²) in [5.41, 5.74) is 2.71. The minimum absolute atomic E-state index is 0.205. The van der Waals surface area contributed by atoms with Crippen LogP contribution in [0.15, 0.2) is 43.0 Å². The summed E-state index contributed by atoms with van der Waals surface area (Å²) >= 11 is 0. The Hall–Kier alpha value is -2.34. The zero-order chi connectivity index (χ0) is 18.6. The molecule has 0 radical (unpaired) electrons. The molecule has 2 fully saturated rings. The SMILES string of the molecule is Cc1ccccc1N1CCN([C@@H]2CCCN(C(=O)Cn3ccnc3)C2)CC1. The molecule has 6 heteroatoms. The maximum atomic E-state index is 12.6. The van der Waals surface area contributed by atoms with E-state index in [-0.39, 0.29) is 5.91 Å². The van der Waals surface area contributed by atoms with Gasteiger partial charge in [-0.25, -0.2) is 4.98 Å². The zero-order valence-electron chi connectivity index (χ0n) is 16.1. The zero-order valence-corrected chi connectivity index (χ0v) is 16.1. The number of imidazole rings is 1. The Morgan fingerprint density at radius 1 is 1.15 bits per heavy atom. The topological polar surface area (TPSA) is 44.6 Å². The van der Waals surface area contributed by atoms with E-state index in [1.807, 2.05) is 15.7 Å².